The van der Waals surface area contributed by atoms with E-state index in [1.165, 1.54) is 25.7 Å². The minimum absolute atomic E-state index is 0.255. The molecule has 3 nitrogen and oxygen atoms in total. The van der Waals surface area contributed by atoms with Gasteiger partial charge in [0.15, 0.2) is 0 Å². The van der Waals surface area contributed by atoms with Gasteiger partial charge in [0.1, 0.15) is 0 Å². The first-order valence-corrected chi connectivity index (χ1v) is 6.78. The molecule has 0 aromatic rings. The molecule has 1 aliphatic carbocycles. The molecular weight excluding hydrogens is 212 g/mol. The van der Waals surface area contributed by atoms with Crippen LogP contribution in [0.15, 0.2) is 0 Å². The zero-order valence-corrected chi connectivity index (χ0v) is 12.1. The summed E-state index contributed by atoms with van der Waals surface area (Å²) in [5.41, 5.74) is -0.255. The van der Waals surface area contributed by atoms with Gasteiger partial charge in [0.25, 0.3) is 0 Å². The van der Waals surface area contributed by atoms with Crippen LogP contribution in [-0.2, 0) is 4.79 Å². The molecule has 17 heavy (non-hydrogen) atoms. The van der Waals surface area contributed by atoms with Crippen LogP contribution in [0.4, 0.5) is 0 Å². The molecule has 0 atom stereocenters. The lowest BCUT2D eigenvalue weighted by Gasteiger charge is -2.35. The van der Waals surface area contributed by atoms with Crippen molar-refractivity contribution >= 4 is 5.91 Å². The van der Waals surface area contributed by atoms with Crippen molar-refractivity contribution in [3.63, 3.8) is 0 Å². The summed E-state index contributed by atoms with van der Waals surface area (Å²) in [4.78, 5) is 16.8. The number of amides is 1. The highest BCUT2D eigenvalue weighted by molar-refractivity contribution is 5.81. The molecule has 0 N–H and O–H groups in total. The van der Waals surface area contributed by atoms with E-state index in [1.807, 2.05) is 20.8 Å². The van der Waals surface area contributed by atoms with E-state index in [4.69, 9.17) is 0 Å². The highest BCUT2D eigenvalue weighted by atomic mass is 16.2. The molecule has 3 heteroatoms. The Morgan fingerprint density at radius 3 is 2.06 bits per heavy atom. The monoisotopic (exact) mass is 240 g/mol. The third kappa shape index (κ3) is 4.30. The fraction of sp³-hybridized carbons (Fsp3) is 0.929. The molecule has 0 saturated heterocycles. The van der Waals surface area contributed by atoms with Crippen LogP contribution in [0.1, 0.15) is 46.5 Å². The minimum Gasteiger partial charge on any atom is -0.338 e. The van der Waals surface area contributed by atoms with Crippen LogP contribution in [0.2, 0.25) is 0 Å². The summed E-state index contributed by atoms with van der Waals surface area (Å²) in [6.07, 6.45) is 4.94. The molecule has 1 amide bonds. The van der Waals surface area contributed by atoms with E-state index in [-0.39, 0.29) is 5.41 Å². The first kappa shape index (κ1) is 14.5. The molecule has 0 aromatic carbocycles. The average molecular weight is 240 g/mol. The predicted octanol–water partition coefficient (Wildman–Crippen LogP) is 2.37. The number of rotatable bonds is 4. The van der Waals surface area contributed by atoms with Gasteiger partial charge in [-0.3, -0.25) is 4.79 Å². The fourth-order valence-electron chi connectivity index (χ4n) is 2.40. The van der Waals surface area contributed by atoms with E-state index < -0.39 is 0 Å². The average Bonchev–Trinajstić information content (AvgIpc) is 2.69. The molecule has 1 aliphatic rings. The molecule has 0 heterocycles. The number of carbonyl (C=O) groups is 1. The molecule has 1 fully saturated rings. The second-order valence-electron chi connectivity index (χ2n) is 6.49. The molecule has 0 aliphatic heterocycles. The Hall–Kier alpha value is -0.570. The van der Waals surface area contributed by atoms with Crippen molar-refractivity contribution in [2.75, 3.05) is 27.2 Å². The molecule has 0 aromatic heterocycles. The maximum Gasteiger partial charge on any atom is 0.228 e. The molecule has 0 radical (unpaired) electrons. The Morgan fingerprint density at radius 2 is 1.65 bits per heavy atom. The third-order valence-corrected chi connectivity index (χ3v) is 3.46. The molecule has 1 saturated carbocycles. The van der Waals surface area contributed by atoms with Gasteiger partial charge in [-0.25, -0.2) is 0 Å². The van der Waals surface area contributed by atoms with Crippen molar-refractivity contribution in [2.24, 2.45) is 5.41 Å². The van der Waals surface area contributed by atoms with Crippen LogP contribution >= 0.6 is 0 Å². The van der Waals surface area contributed by atoms with E-state index in [0.717, 1.165) is 13.1 Å². The first-order valence-electron chi connectivity index (χ1n) is 6.78. The highest BCUT2D eigenvalue weighted by Crippen LogP contribution is 2.27. The van der Waals surface area contributed by atoms with E-state index in [1.54, 1.807) is 0 Å². The van der Waals surface area contributed by atoms with Gasteiger partial charge in [0.05, 0.1) is 0 Å². The Bertz CT molecular complexity index is 249. The Balaban J connectivity index is 2.67. The molecule has 100 valence electrons. The molecule has 0 unspecified atom stereocenters. The summed E-state index contributed by atoms with van der Waals surface area (Å²) in [5, 5.41) is 0. The SMILES string of the molecule is CN(C)CCN(C(=O)C(C)(C)C)C1CCCC1. The van der Waals surface area contributed by atoms with Crippen molar-refractivity contribution in [3.05, 3.63) is 0 Å². The standard InChI is InChI=1S/C14H28N2O/c1-14(2,3)13(17)16(11-10-15(4)5)12-8-6-7-9-12/h12H,6-11H2,1-5H3. The summed E-state index contributed by atoms with van der Waals surface area (Å²) < 4.78 is 0. The fourth-order valence-corrected chi connectivity index (χ4v) is 2.40. The second-order valence-corrected chi connectivity index (χ2v) is 6.49. The Kier molecular flexibility index (Phi) is 4.99. The van der Waals surface area contributed by atoms with Crippen molar-refractivity contribution < 1.29 is 4.79 Å². The maximum atomic E-state index is 12.5. The van der Waals surface area contributed by atoms with Crippen LogP contribution in [0.3, 0.4) is 0 Å². The van der Waals surface area contributed by atoms with Crippen molar-refractivity contribution in [1.82, 2.24) is 9.80 Å². The number of hydrogen-bond acceptors (Lipinski definition) is 2. The van der Waals surface area contributed by atoms with Gasteiger partial charge in [-0.2, -0.15) is 0 Å². The maximum absolute atomic E-state index is 12.5. The van der Waals surface area contributed by atoms with E-state index in [9.17, 15) is 4.79 Å². The molecule has 0 bridgehead atoms. The zero-order valence-electron chi connectivity index (χ0n) is 12.1. The third-order valence-electron chi connectivity index (χ3n) is 3.46. The van der Waals surface area contributed by atoms with Gasteiger partial charge in [-0.1, -0.05) is 33.6 Å². The highest BCUT2D eigenvalue weighted by Gasteiger charge is 2.32. The smallest absolute Gasteiger partial charge is 0.228 e. The Labute approximate surface area is 106 Å². The number of carbonyl (C=O) groups excluding carboxylic acids is 1. The van der Waals surface area contributed by atoms with E-state index in [0.29, 0.717) is 11.9 Å². The van der Waals surface area contributed by atoms with Gasteiger partial charge in [-0.05, 0) is 26.9 Å². The summed E-state index contributed by atoms with van der Waals surface area (Å²) in [6, 6.07) is 0.488. The van der Waals surface area contributed by atoms with Gasteiger partial charge in [0, 0.05) is 24.5 Å². The Morgan fingerprint density at radius 1 is 1.12 bits per heavy atom. The van der Waals surface area contributed by atoms with E-state index >= 15 is 0 Å². The van der Waals surface area contributed by atoms with Crippen LogP contribution in [0.5, 0.6) is 0 Å². The molecule has 0 spiro atoms. The number of likely N-dealkylation sites (N-methyl/N-ethyl adjacent to an activating group) is 1. The largest absolute Gasteiger partial charge is 0.338 e. The number of hydrogen-bond donors (Lipinski definition) is 0. The quantitative estimate of drug-likeness (QED) is 0.753. The molecular formula is C14H28N2O. The summed E-state index contributed by atoms with van der Waals surface area (Å²) in [7, 11) is 4.13. The second kappa shape index (κ2) is 5.85. The van der Waals surface area contributed by atoms with Crippen LogP contribution in [-0.4, -0.2) is 48.9 Å². The van der Waals surface area contributed by atoms with Crippen molar-refractivity contribution in [1.29, 1.82) is 0 Å². The van der Waals surface area contributed by atoms with Gasteiger partial charge >= 0.3 is 0 Å². The van der Waals surface area contributed by atoms with Crippen LogP contribution < -0.4 is 0 Å². The first-order chi connectivity index (χ1) is 7.82. The van der Waals surface area contributed by atoms with Gasteiger partial charge in [-0.15, -0.1) is 0 Å². The van der Waals surface area contributed by atoms with Crippen molar-refractivity contribution in [2.45, 2.75) is 52.5 Å². The van der Waals surface area contributed by atoms with Gasteiger partial charge < -0.3 is 9.80 Å². The summed E-state index contributed by atoms with van der Waals surface area (Å²) in [5.74, 6) is 0.311. The molecule has 1 rings (SSSR count). The van der Waals surface area contributed by atoms with Gasteiger partial charge in [0.2, 0.25) is 5.91 Å². The van der Waals surface area contributed by atoms with Crippen LogP contribution in [0.25, 0.3) is 0 Å². The minimum atomic E-state index is -0.255. The van der Waals surface area contributed by atoms with Crippen LogP contribution in [0, 0.1) is 5.41 Å². The normalized spacial score (nSPS) is 17.8. The lowest BCUT2D eigenvalue weighted by molar-refractivity contribution is -0.142. The predicted molar refractivity (Wildman–Crippen MR) is 72.0 cm³/mol. The lowest BCUT2D eigenvalue weighted by atomic mass is 9.93. The zero-order chi connectivity index (χ0) is 13.1. The van der Waals surface area contributed by atoms with E-state index in [2.05, 4.69) is 23.9 Å². The number of nitrogens with zero attached hydrogens (tertiary/aromatic N) is 2. The topological polar surface area (TPSA) is 23.6 Å². The lowest BCUT2D eigenvalue weighted by Crippen LogP contribution is -2.47. The van der Waals surface area contributed by atoms with Crippen molar-refractivity contribution in [3.8, 4) is 0 Å². The summed E-state index contributed by atoms with van der Waals surface area (Å²) >= 11 is 0. The summed E-state index contributed by atoms with van der Waals surface area (Å²) in [6.45, 7) is 7.89.